The third kappa shape index (κ3) is 4.11. The predicted molar refractivity (Wildman–Crippen MR) is 55.9 cm³/mol. The maximum atomic E-state index is 8.64. The largest absolute Gasteiger partial charge is 0.339 e. The first kappa shape index (κ1) is 11.7. The van der Waals surface area contributed by atoms with Crippen molar-refractivity contribution in [2.24, 2.45) is 11.8 Å². The molecule has 0 spiro atoms. The summed E-state index contributed by atoms with van der Waals surface area (Å²) in [6, 6.07) is 2.15. The molecule has 0 bridgehead atoms. The van der Waals surface area contributed by atoms with E-state index in [9.17, 15) is 0 Å². The summed E-state index contributed by atoms with van der Waals surface area (Å²) in [4.78, 5) is 4.24. The van der Waals surface area contributed by atoms with Gasteiger partial charge in [-0.15, -0.1) is 0 Å². The van der Waals surface area contributed by atoms with Gasteiger partial charge in [0.05, 0.1) is 12.0 Å². The fourth-order valence-electron chi connectivity index (χ4n) is 1.20. The van der Waals surface area contributed by atoms with E-state index >= 15 is 0 Å². The van der Waals surface area contributed by atoms with Gasteiger partial charge >= 0.3 is 0 Å². The van der Waals surface area contributed by atoms with Crippen molar-refractivity contribution in [2.45, 2.75) is 40.0 Å². The zero-order valence-electron chi connectivity index (χ0n) is 9.53. The molecule has 0 N–H and O–H groups in total. The summed E-state index contributed by atoms with van der Waals surface area (Å²) < 4.78 is 5.06. The highest BCUT2D eigenvalue weighted by Gasteiger charge is 2.10. The quantitative estimate of drug-likeness (QED) is 0.743. The lowest BCUT2D eigenvalue weighted by Crippen LogP contribution is -1.97. The minimum Gasteiger partial charge on any atom is -0.339 e. The van der Waals surface area contributed by atoms with Crippen LogP contribution in [0.1, 0.15) is 38.9 Å². The van der Waals surface area contributed by atoms with Crippen LogP contribution in [0.3, 0.4) is 0 Å². The second-order valence-electron chi connectivity index (χ2n) is 4.27. The fraction of sp³-hybridized carbons (Fsp3) is 0.727. The number of nitriles is 1. The first-order valence-electron chi connectivity index (χ1n) is 5.33. The molecule has 4 heteroatoms. The molecule has 1 heterocycles. The fourth-order valence-corrected chi connectivity index (χ4v) is 1.20. The number of hydrogen-bond donors (Lipinski definition) is 0. The molecule has 0 saturated carbocycles. The average molecular weight is 207 g/mol. The lowest BCUT2D eigenvalue weighted by Gasteiger charge is -1.98. The van der Waals surface area contributed by atoms with Crippen LogP contribution < -0.4 is 0 Å². The van der Waals surface area contributed by atoms with E-state index in [1.807, 2.05) is 6.92 Å². The molecular formula is C11H17N3O. The Balaban J connectivity index is 2.46. The van der Waals surface area contributed by atoms with Crippen molar-refractivity contribution >= 4 is 0 Å². The lowest BCUT2D eigenvalue weighted by atomic mass is 10.1. The standard InChI is InChI=1S/C11H17N3O/c1-8(2)4-5-10-13-11(15-14-10)6-9(3)7-12/h8-9H,4-6H2,1-3H3. The Morgan fingerprint density at radius 2 is 2.13 bits per heavy atom. The minimum atomic E-state index is -0.0663. The molecule has 15 heavy (non-hydrogen) atoms. The Hall–Kier alpha value is -1.37. The molecule has 1 unspecified atom stereocenters. The van der Waals surface area contributed by atoms with Gasteiger partial charge in [-0.3, -0.25) is 0 Å². The highest BCUT2D eigenvalue weighted by Crippen LogP contribution is 2.09. The Kier molecular flexibility index (Phi) is 4.29. The molecule has 0 radical (unpaired) electrons. The van der Waals surface area contributed by atoms with Crippen LogP contribution in [0.15, 0.2) is 4.52 Å². The van der Waals surface area contributed by atoms with Crippen molar-refractivity contribution in [2.75, 3.05) is 0 Å². The van der Waals surface area contributed by atoms with Gasteiger partial charge < -0.3 is 4.52 Å². The van der Waals surface area contributed by atoms with Crippen molar-refractivity contribution in [3.8, 4) is 6.07 Å². The van der Waals surface area contributed by atoms with Gasteiger partial charge in [-0.05, 0) is 19.3 Å². The Morgan fingerprint density at radius 3 is 2.73 bits per heavy atom. The van der Waals surface area contributed by atoms with Gasteiger partial charge in [0.1, 0.15) is 0 Å². The molecule has 0 aliphatic heterocycles. The van der Waals surface area contributed by atoms with Crippen LogP contribution >= 0.6 is 0 Å². The highest BCUT2D eigenvalue weighted by atomic mass is 16.5. The smallest absolute Gasteiger partial charge is 0.227 e. The van der Waals surface area contributed by atoms with Crippen LogP contribution in [0.25, 0.3) is 0 Å². The number of rotatable bonds is 5. The maximum absolute atomic E-state index is 8.64. The predicted octanol–water partition coefficient (Wildman–Crippen LogP) is 2.36. The van der Waals surface area contributed by atoms with Crippen molar-refractivity contribution in [1.82, 2.24) is 10.1 Å². The van der Waals surface area contributed by atoms with Gasteiger partial charge in [-0.2, -0.15) is 10.2 Å². The molecule has 0 fully saturated rings. The lowest BCUT2D eigenvalue weighted by molar-refractivity contribution is 0.363. The number of hydrogen-bond acceptors (Lipinski definition) is 4. The number of aryl methyl sites for hydroxylation is 1. The molecule has 1 aromatic heterocycles. The summed E-state index contributed by atoms with van der Waals surface area (Å²) in [7, 11) is 0. The highest BCUT2D eigenvalue weighted by molar-refractivity contribution is 4.92. The van der Waals surface area contributed by atoms with E-state index in [1.54, 1.807) is 0 Å². The first-order valence-corrected chi connectivity index (χ1v) is 5.33. The Bertz CT molecular complexity index is 338. The van der Waals surface area contributed by atoms with Gasteiger partial charge in [0.2, 0.25) is 5.89 Å². The van der Waals surface area contributed by atoms with Crippen LogP contribution in [-0.2, 0) is 12.8 Å². The van der Waals surface area contributed by atoms with Gasteiger partial charge in [0.25, 0.3) is 0 Å². The first-order chi connectivity index (χ1) is 7.11. The van der Waals surface area contributed by atoms with E-state index in [4.69, 9.17) is 9.78 Å². The summed E-state index contributed by atoms with van der Waals surface area (Å²) in [6.45, 7) is 6.18. The van der Waals surface area contributed by atoms with Crippen molar-refractivity contribution < 1.29 is 4.52 Å². The second-order valence-corrected chi connectivity index (χ2v) is 4.27. The molecule has 1 atom stereocenters. The molecule has 0 saturated heterocycles. The molecular weight excluding hydrogens is 190 g/mol. The Morgan fingerprint density at radius 1 is 1.40 bits per heavy atom. The second kappa shape index (κ2) is 5.50. The third-order valence-electron chi connectivity index (χ3n) is 2.16. The van der Waals surface area contributed by atoms with Gasteiger partial charge in [-0.25, -0.2) is 0 Å². The molecule has 0 amide bonds. The van der Waals surface area contributed by atoms with Gasteiger partial charge in [0.15, 0.2) is 5.82 Å². The summed E-state index contributed by atoms with van der Waals surface area (Å²) in [5, 5.41) is 12.5. The van der Waals surface area contributed by atoms with E-state index in [1.165, 1.54) is 0 Å². The van der Waals surface area contributed by atoms with Gasteiger partial charge in [-0.1, -0.05) is 19.0 Å². The molecule has 82 valence electrons. The zero-order chi connectivity index (χ0) is 11.3. The topological polar surface area (TPSA) is 62.7 Å². The van der Waals surface area contributed by atoms with E-state index in [-0.39, 0.29) is 5.92 Å². The minimum absolute atomic E-state index is 0.0663. The van der Waals surface area contributed by atoms with Gasteiger partial charge in [0, 0.05) is 12.8 Å². The van der Waals surface area contributed by atoms with Crippen LogP contribution in [-0.4, -0.2) is 10.1 Å². The van der Waals surface area contributed by atoms with Crippen LogP contribution in [0.5, 0.6) is 0 Å². The maximum Gasteiger partial charge on any atom is 0.227 e. The SMILES string of the molecule is CC(C)CCc1noc(CC(C)C#N)n1. The van der Waals surface area contributed by atoms with Crippen LogP contribution in [0.4, 0.5) is 0 Å². The molecule has 0 aliphatic rings. The zero-order valence-corrected chi connectivity index (χ0v) is 9.53. The molecule has 1 aromatic rings. The van der Waals surface area contributed by atoms with E-state index in [0.717, 1.165) is 18.7 Å². The van der Waals surface area contributed by atoms with Crippen molar-refractivity contribution in [3.63, 3.8) is 0 Å². The van der Waals surface area contributed by atoms with E-state index < -0.39 is 0 Å². The molecule has 0 aliphatic carbocycles. The number of nitrogens with zero attached hydrogens (tertiary/aromatic N) is 3. The number of aromatic nitrogens is 2. The van der Waals surface area contributed by atoms with E-state index in [2.05, 4.69) is 30.1 Å². The summed E-state index contributed by atoms with van der Waals surface area (Å²) in [6.07, 6.45) is 2.46. The van der Waals surface area contributed by atoms with Crippen molar-refractivity contribution in [3.05, 3.63) is 11.7 Å². The summed E-state index contributed by atoms with van der Waals surface area (Å²) in [5.41, 5.74) is 0. The normalized spacial score (nSPS) is 12.7. The summed E-state index contributed by atoms with van der Waals surface area (Å²) >= 11 is 0. The monoisotopic (exact) mass is 207 g/mol. The van der Waals surface area contributed by atoms with Crippen LogP contribution in [0, 0.1) is 23.2 Å². The van der Waals surface area contributed by atoms with Crippen molar-refractivity contribution in [1.29, 1.82) is 5.26 Å². The third-order valence-corrected chi connectivity index (χ3v) is 2.16. The molecule has 4 nitrogen and oxygen atoms in total. The average Bonchev–Trinajstić information content (AvgIpc) is 2.62. The summed E-state index contributed by atoms with van der Waals surface area (Å²) in [5.74, 6) is 1.90. The molecule has 1 rings (SSSR count). The Labute approximate surface area is 90.3 Å². The van der Waals surface area contributed by atoms with Crippen LogP contribution in [0.2, 0.25) is 0 Å². The molecule has 0 aromatic carbocycles. The van der Waals surface area contributed by atoms with E-state index in [0.29, 0.717) is 18.2 Å².